The predicted octanol–water partition coefficient (Wildman–Crippen LogP) is 1.54. The smallest absolute Gasteiger partial charge is 0.0249 e. The molecule has 0 bridgehead atoms. The molecule has 18 heavy (non-hydrogen) atoms. The van der Waals surface area contributed by atoms with Crippen molar-refractivity contribution >= 4 is 0 Å². The molecule has 3 fully saturated rings. The number of nitrogens with zero attached hydrogens (tertiary/aromatic N) is 2. The molecular weight excluding hydrogens is 222 g/mol. The van der Waals surface area contributed by atoms with E-state index in [1.54, 1.807) is 0 Å². The van der Waals surface area contributed by atoms with Crippen LogP contribution in [0, 0.1) is 5.92 Å². The molecule has 3 aliphatic heterocycles. The SMILES string of the molecule is CCN1CCC(CNC2CCN3CCCCC23)C1. The van der Waals surface area contributed by atoms with Crippen LogP contribution in [-0.2, 0) is 0 Å². The van der Waals surface area contributed by atoms with Crippen LogP contribution in [0.1, 0.15) is 39.0 Å². The zero-order valence-corrected chi connectivity index (χ0v) is 11.9. The van der Waals surface area contributed by atoms with Crippen LogP contribution in [0.4, 0.5) is 0 Å². The van der Waals surface area contributed by atoms with E-state index in [1.165, 1.54) is 71.4 Å². The van der Waals surface area contributed by atoms with E-state index in [1.807, 2.05) is 0 Å². The van der Waals surface area contributed by atoms with Gasteiger partial charge in [-0.2, -0.15) is 0 Å². The van der Waals surface area contributed by atoms with E-state index >= 15 is 0 Å². The van der Waals surface area contributed by atoms with Crippen LogP contribution in [0.5, 0.6) is 0 Å². The van der Waals surface area contributed by atoms with Crippen LogP contribution in [0.15, 0.2) is 0 Å². The fourth-order valence-corrected chi connectivity index (χ4v) is 4.17. The number of hydrogen-bond donors (Lipinski definition) is 1. The lowest BCUT2D eigenvalue weighted by Crippen LogP contribution is -2.46. The van der Waals surface area contributed by atoms with Crippen molar-refractivity contribution in [1.82, 2.24) is 15.1 Å². The third-order valence-corrected chi connectivity index (χ3v) is 5.34. The average Bonchev–Trinajstić information content (AvgIpc) is 3.03. The predicted molar refractivity (Wildman–Crippen MR) is 75.8 cm³/mol. The third-order valence-electron chi connectivity index (χ3n) is 5.34. The van der Waals surface area contributed by atoms with Crippen molar-refractivity contribution in [3.63, 3.8) is 0 Å². The van der Waals surface area contributed by atoms with Gasteiger partial charge in [0, 0.05) is 25.2 Å². The van der Waals surface area contributed by atoms with E-state index < -0.39 is 0 Å². The van der Waals surface area contributed by atoms with E-state index in [0.717, 1.165) is 18.0 Å². The molecular formula is C15H29N3. The second kappa shape index (κ2) is 5.89. The van der Waals surface area contributed by atoms with Crippen LogP contribution in [0.3, 0.4) is 0 Å². The Labute approximate surface area is 112 Å². The first kappa shape index (κ1) is 12.9. The van der Waals surface area contributed by atoms with Gasteiger partial charge in [-0.25, -0.2) is 0 Å². The van der Waals surface area contributed by atoms with Crippen LogP contribution < -0.4 is 5.32 Å². The fourth-order valence-electron chi connectivity index (χ4n) is 4.17. The summed E-state index contributed by atoms with van der Waals surface area (Å²) in [6.45, 7) is 10.1. The molecule has 3 saturated heterocycles. The molecule has 1 N–H and O–H groups in total. The van der Waals surface area contributed by atoms with Crippen molar-refractivity contribution in [2.45, 2.75) is 51.1 Å². The normalized spacial score (nSPS) is 38.2. The molecule has 0 aromatic heterocycles. The topological polar surface area (TPSA) is 18.5 Å². The Bertz CT molecular complexity index is 268. The minimum atomic E-state index is 0.793. The molecule has 0 aromatic carbocycles. The maximum atomic E-state index is 3.90. The molecule has 3 rings (SSSR count). The Morgan fingerprint density at radius 2 is 2.00 bits per heavy atom. The van der Waals surface area contributed by atoms with Gasteiger partial charge < -0.3 is 10.2 Å². The Hall–Kier alpha value is -0.120. The van der Waals surface area contributed by atoms with Gasteiger partial charge in [0.2, 0.25) is 0 Å². The van der Waals surface area contributed by atoms with E-state index in [4.69, 9.17) is 0 Å². The lowest BCUT2D eigenvalue weighted by Gasteiger charge is -2.33. The lowest BCUT2D eigenvalue weighted by molar-refractivity contribution is 0.179. The average molecular weight is 251 g/mol. The molecule has 0 saturated carbocycles. The summed E-state index contributed by atoms with van der Waals surface area (Å²) in [5.41, 5.74) is 0. The molecule has 0 spiro atoms. The second-order valence-corrected chi connectivity index (χ2v) is 6.45. The van der Waals surface area contributed by atoms with Gasteiger partial charge in [0.05, 0.1) is 0 Å². The molecule has 104 valence electrons. The van der Waals surface area contributed by atoms with Gasteiger partial charge in [0.1, 0.15) is 0 Å². The van der Waals surface area contributed by atoms with Gasteiger partial charge in [0.15, 0.2) is 0 Å². The number of fused-ring (bicyclic) bond motifs is 1. The number of likely N-dealkylation sites (tertiary alicyclic amines) is 1. The molecule has 3 unspecified atom stereocenters. The van der Waals surface area contributed by atoms with Gasteiger partial charge in [-0.15, -0.1) is 0 Å². The van der Waals surface area contributed by atoms with Gasteiger partial charge in [-0.05, 0) is 57.8 Å². The Morgan fingerprint density at radius 3 is 2.83 bits per heavy atom. The highest BCUT2D eigenvalue weighted by Crippen LogP contribution is 2.27. The minimum absolute atomic E-state index is 0.793. The fraction of sp³-hybridized carbons (Fsp3) is 1.00. The summed E-state index contributed by atoms with van der Waals surface area (Å²) in [5, 5.41) is 3.90. The van der Waals surface area contributed by atoms with Crippen LogP contribution in [0.25, 0.3) is 0 Å². The van der Waals surface area contributed by atoms with Crippen molar-refractivity contribution in [3.8, 4) is 0 Å². The summed E-state index contributed by atoms with van der Waals surface area (Å²) < 4.78 is 0. The standard InChI is InChI=1S/C15H29N3/c1-2-17-9-6-13(12-17)11-16-14-7-10-18-8-4-3-5-15(14)18/h13-16H,2-12H2,1H3. The monoisotopic (exact) mass is 251 g/mol. The highest BCUT2D eigenvalue weighted by molar-refractivity contribution is 4.94. The lowest BCUT2D eigenvalue weighted by atomic mass is 9.98. The first-order valence-corrected chi connectivity index (χ1v) is 8.06. The van der Waals surface area contributed by atoms with Crippen LogP contribution in [0.2, 0.25) is 0 Å². The quantitative estimate of drug-likeness (QED) is 0.818. The molecule has 3 heteroatoms. The Kier molecular flexibility index (Phi) is 4.22. The third kappa shape index (κ3) is 2.73. The molecule has 3 nitrogen and oxygen atoms in total. The van der Waals surface area contributed by atoms with Gasteiger partial charge in [-0.1, -0.05) is 13.3 Å². The van der Waals surface area contributed by atoms with Gasteiger partial charge in [-0.3, -0.25) is 4.90 Å². The van der Waals surface area contributed by atoms with E-state index in [0.29, 0.717) is 0 Å². The maximum absolute atomic E-state index is 3.90. The van der Waals surface area contributed by atoms with E-state index in [9.17, 15) is 0 Å². The number of nitrogens with one attached hydrogen (secondary N) is 1. The summed E-state index contributed by atoms with van der Waals surface area (Å²) in [6, 6.07) is 1.66. The molecule has 0 amide bonds. The van der Waals surface area contributed by atoms with E-state index in [-0.39, 0.29) is 0 Å². The first-order chi connectivity index (χ1) is 8.86. The van der Waals surface area contributed by atoms with Crippen LogP contribution in [-0.4, -0.2) is 61.2 Å². The summed E-state index contributed by atoms with van der Waals surface area (Å²) in [7, 11) is 0. The molecule has 0 aliphatic carbocycles. The summed E-state index contributed by atoms with van der Waals surface area (Å²) in [6.07, 6.45) is 7.10. The minimum Gasteiger partial charge on any atom is -0.312 e. The van der Waals surface area contributed by atoms with Gasteiger partial charge >= 0.3 is 0 Å². The number of hydrogen-bond acceptors (Lipinski definition) is 3. The molecule has 3 atom stereocenters. The first-order valence-electron chi connectivity index (χ1n) is 8.06. The van der Waals surface area contributed by atoms with Gasteiger partial charge in [0.25, 0.3) is 0 Å². The summed E-state index contributed by atoms with van der Waals surface area (Å²) in [5.74, 6) is 0.905. The van der Waals surface area contributed by atoms with Crippen molar-refractivity contribution in [2.24, 2.45) is 5.92 Å². The largest absolute Gasteiger partial charge is 0.312 e. The highest BCUT2D eigenvalue weighted by Gasteiger charge is 2.35. The van der Waals surface area contributed by atoms with Crippen molar-refractivity contribution in [2.75, 3.05) is 39.3 Å². The van der Waals surface area contributed by atoms with E-state index in [2.05, 4.69) is 22.0 Å². The summed E-state index contributed by atoms with van der Waals surface area (Å²) in [4.78, 5) is 5.32. The van der Waals surface area contributed by atoms with Crippen LogP contribution >= 0.6 is 0 Å². The summed E-state index contributed by atoms with van der Waals surface area (Å²) >= 11 is 0. The molecule has 0 aromatic rings. The van der Waals surface area contributed by atoms with Crippen molar-refractivity contribution < 1.29 is 0 Å². The Morgan fingerprint density at radius 1 is 1.06 bits per heavy atom. The highest BCUT2D eigenvalue weighted by atomic mass is 15.2. The molecule has 3 heterocycles. The number of rotatable bonds is 4. The maximum Gasteiger partial charge on any atom is 0.0249 e. The van der Waals surface area contributed by atoms with Crippen molar-refractivity contribution in [1.29, 1.82) is 0 Å². The van der Waals surface area contributed by atoms with Crippen molar-refractivity contribution in [3.05, 3.63) is 0 Å². The Balaban J connectivity index is 1.43. The molecule has 0 radical (unpaired) electrons. The second-order valence-electron chi connectivity index (χ2n) is 6.45. The zero-order valence-electron chi connectivity index (χ0n) is 11.9. The molecule has 3 aliphatic rings. The zero-order chi connectivity index (χ0) is 12.4. The number of piperidine rings is 1.